The molecule has 176 valence electrons. The molecule has 3 amide bonds. The Morgan fingerprint density at radius 3 is 2.50 bits per heavy atom. The highest BCUT2D eigenvalue weighted by Gasteiger charge is 2.18. The van der Waals surface area contributed by atoms with E-state index in [1.54, 1.807) is 34.6 Å². The molecule has 8 nitrogen and oxygen atoms in total. The summed E-state index contributed by atoms with van der Waals surface area (Å²) >= 11 is 0. The number of ether oxygens (including phenoxy) is 2. The number of urea groups is 1. The number of carbonyl (C=O) groups is 2. The number of hydrogen-bond donors (Lipinski definition) is 3. The molecule has 0 spiro atoms. The molecule has 8 heteroatoms. The van der Waals surface area contributed by atoms with E-state index in [2.05, 4.69) is 12.2 Å². The van der Waals surface area contributed by atoms with Gasteiger partial charge in [-0.25, -0.2) is 10.3 Å². The minimum atomic E-state index is -0.586. The monoisotopic (exact) mass is 461 g/mol. The normalized spacial score (nSPS) is 11.7. The molecular weight excluding hydrogens is 434 g/mol. The first-order valence-electron chi connectivity index (χ1n) is 11.2. The van der Waals surface area contributed by atoms with Crippen LogP contribution in [0.2, 0.25) is 0 Å². The van der Waals surface area contributed by atoms with Crippen molar-refractivity contribution < 1.29 is 24.3 Å². The number of fused-ring (bicyclic) bond motifs is 1. The molecule has 3 N–H and O–H groups in total. The molecule has 1 aliphatic rings. The highest BCUT2D eigenvalue weighted by Crippen LogP contribution is 2.36. The Kier molecular flexibility index (Phi) is 7.29. The lowest BCUT2D eigenvalue weighted by Gasteiger charge is -2.24. The summed E-state index contributed by atoms with van der Waals surface area (Å²) in [7, 11) is 0. The van der Waals surface area contributed by atoms with Crippen LogP contribution in [-0.4, -0.2) is 30.5 Å². The zero-order valence-electron chi connectivity index (χ0n) is 18.9. The molecule has 0 bridgehead atoms. The summed E-state index contributed by atoms with van der Waals surface area (Å²) in [4.78, 5) is 26.4. The molecule has 0 atom stereocenters. The number of carbonyl (C=O) groups excluding carboxylic acids is 2. The van der Waals surface area contributed by atoms with Crippen LogP contribution < -0.4 is 25.2 Å². The maximum absolute atomic E-state index is 13.1. The van der Waals surface area contributed by atoms with E-state index in [9.17, 15) is 9.59 Å². The third-order valence-electron chi connectivity index (χ3n) is 5.57. The number of benzene rings is 3. The minimum absolute atomic E-state index is 0.200. The highest BCUT2D eigenvalue weighted by molar-refractivity contribution is 5.94. The van der Waals surface area contributed by atoms with Crippen LogP contribution in [-0.2, 0) is 6.54 Å². The summed E-state index contributed by atoms with van der Waals surface area (Å²) in [6, 6.07) is 20.1. The summed E-state index contributed by atoms with van der Waals surface area (Å²) in [6.45, 7) is 3.18. The number of anilines is 1. The van der Waals surface area contributed by atoms with Gasteiger partial charge < -0.3 is 14.8 Å². The lowest BCUT2D eigenvalue weighted by atomic mass is 10.0. The number of hydrogen-bond acceptors (Lipinski definition) is 5. The Labute approximate surface area is 198 Å². The molecule has 0 saturated heterocycles. The molecule has 3 aromatic carbocycles. The van der Waals surface area contributed by atoms with Crippen molar-refractivity contribution in [1.82, 2.24) is 10.8 Å². The predicted molar refractivity (Wildman–Crippen MR) is 128 cm³/mol. The van der Waals surface area contributed by atoms with Crippen LogP contribution in [0.5, 0.6) is 11.5 Å². The van der Waals surface area contributed by atoms with Gasteiger partial charge in [0.2, 0.25) is 6.79 Å². The van der Waals surface area contributed by atoms with Crippen molar-refractivity contribution in [2.24, 2.45) is 0 Å². The first-order chi connectivity index (χ1) is 16.6. The Balaban J connectivity index is 1.61. The summed E-state index contributed by atoms with van der Waals surface area (Å²) in [6.07, 6.45) is 1.87. The maximum Gasteiger partial charge on any atom is 0.322 e. The van der Waals surface area contributed by atoms with Crippen LogP contribution in [0.3, 0.4) is 0 Å². The zero-order chi connectivity index (χ0) is 23.9. The fourth-order valence-electron chi connectivity index (χ4n) is 3.69. The second kappa shape index (κ2) is 10.7. The second-order valence-corrected chi connectivity index (χ2v) is 7.93. The van der Waals surface area contributed by atoms with Crippen molar-refractivity contribution in [3.8, 4) is 22.6 Å². The van der Waals surface area contributed by atoms with Crippen molar-refractivity contribution in [1.29, 1.82) is 0 Å². The lowest BCUT2D eigenvalue weighted by molar-refractivity contribution is 0.0706. The van der Waals surface area contributed by atoms with Crippen molar-refractivity contribution in [2.75, 3.05) is 18.2 Å². The molecule has 3 aromatic rings. The van der Waals surface area contributed by atoms with Crippen LogP contribution in [0, 0.1) is 0 Å². The van der Waals surface area contributed by atoms with E-state index in [0.29, 0.717) is 24.4 Å². The van der Waals surface area contributed by atoms with Gasteiger partial charge in [-0.15, -0.1) is 0 Å². The van der Waals surface area contributed by atoms with E-state index in [-0.39, 0.29) is 12.8 Å². The Morgan fingerprint density at radius 1 is 0.971 bits per heavy atom. The largest absolute Gasteiger partial charge is 0.454 e. The summed E-state index contributed by atoms with van der Waals surface area (Å²) in [5.41, 5.74) is 5.43. The third-order valence-corrected chi connectivity index (χ3v) is 5.57. The molecule has 34 heavy (non-hydrogen) atoms. The van der Waals surface area contributed by atoms with Gasteiger partial charge in [0.05, 0.1) is 6.54 Å². The lowest BCUT2D eigenvalue weighted by Crippen LogP contribution is -2.40. The molecule has 0 unspecified atom stereocenters. The molecule has 1 aliphatic heterocycles. The Bertz CT molecular complexity index is 1160. The molecule has 0 fully saturated rings. The average Bonchev–Trinajstić information content (AvgIpc) is 3.35. The standard InChI is InChI=1S/C26H27N3O5/c1-2-3-13-27-26(31)29(16-18-7-9-19(10-8-18)25(30)28-32)22-6-4-5-20(14-22)21-11-12-23-24(15-21)34-17-33-23/h4-12,14-15,32H,2-3,13,16-17H2,1H3,(H,27,31)(H,28,30). The molecule has 1 heterocycles. The topological polar surface area (TPSA) is 100 Å². The van der Waals surface area contributed by atoms with E-state index in [4.69, 9.17) is 14.7 Å². The molecule has 0 saturated carbocycles. The quantitative estimate of drug-likeness (QED) is 0.256. The number of amides is 3. The van der Waals surface area contributed by atoms with Gasteiger partial charge in [0.1, 0.15) is 0 Å². The molecule has 0 radical (unpaired) electrons. The predicted octanol–water partition coefficient (Wildman–Crippen LogP) is 4.72. The Hall–Kier alpha value is -4.04. The fourth-order valence-corrected chi connectivity index (χ4v) is 3.69. The number of rotatable bonds is 8. The highest BCUT2D eigenvalue weighted by atomic mass is 16.7. The van der Waals surface area contributed by atoms with Crippen molar-refractivity contribution in [2.45, 2.75) is 26.3 Å². The van der Waals surface area contributed by atoms with Gasteiger partial charge in [-0.1, -0.05) is 43.7 Å². The van der Waals surface area contributed by atoms with E-state index in [0.717, 1.165) is 41.0 Å². The van der Waals surface area contributed by atoms with Gasteiger partial charge in [0.15, 0.2) is 11.5 Å². The summed E-state index contributed by atoms with van der Waals surface area (Å²) in [5.74, 6) is 0.830. The fraction of sp³-hybridized carbons (Fsp3) is 0.231. The zero-order valence-corrected chi connectivity index (χ0v) is 18.9. The average molecular weight is 462 g/mol. The van der Waals surface area contributed by atoms with Crippen LogP contribution in [0.4, 0.5) is 10.5 Å². The molecule has 4 rings (SSSR count). The number of hydroxylamine groups is 1. The SMILES string of the molecule is CCCCNC(=O)N(Cc1ccc(C(=O)NO)cc1)c1cccc(-c2ccc3c(c2)OCO3)c1. The van der Waals surface area contributed by atoms with Gasteiger partial charge in [0.25, 0.3) is 5.91 Å². The third kappa shape index (κ3) is 5.29. The molecule has 0 aliphatic carbocycles. The second-order valence-electron chi connectivity index (χ2n) is 7.93. The van der Waals surface area contributed by atoms with Gasteiger partial charge >= 0.3 is 6.03 Å². The molecular formula is C26H27N3O5. The van der Waals surface area contributed by atoms with Crippen LogP contribution in [0.1, 0.15) is 35.7 Å². The van der Waals surface area contributed by atoms with E-state index in [1.165, 1.54) is 0 Å². The maximum atomic E-state index is 13.1. The number of nitrogens with one attached hydrogen (secondary N) is 2. The van der Waals surface area contributed by atoms with Crippen molar-refractivity contribution in [3.05, 3.63) is 77.9 Å². The first-order valence-corrected chi connectivity index (χ1v) is 11.2. The van der Waals surface area contributed by atoms with Crippen LogP contribution in [0.15, 0.2) is 66.7 Å². The van der Waals surface area contributed by atoms with Crippen LogP contribution >= 0.6 is 0 Å². The van der Waals surface area contributed by atoms with E-state index < -0.39 is 5.91 Å². The Morgan fingerprint density at radius 2 is 1.74 bits per heavy atom. The van der Waals surface area contributed by atoms with Crippen LogP contribution in [0.25, 0.3) is 11.1 Å². The van der Waals surface area contributed by atoms with Crippen molar-refractivity contribution >= 4 is 17.6 Å². The number of unbranched alkanes of at least 4 members (excludes halogenated alkanes) is 1. The van der Waals surface area contributed by atoms with Gasteiger partial charge in [0, 0.05) is 17.8 Å². The summed E-state index contributed by atoms with van der Waals surface area (Å²) < 4.78 is 10.9. The smallest absolute Gasteiger partial charge is 0.322 e. The number of nitrogens with zero attached hydrogens (tertiary/aromatic N) is 1. The van der Waals surface area contributed by atoms with Gasteiger partial charge in [-0.3, -0.25) is 14.9 Å². The van der Waals surface area contributed by atoms with E-state index in [1.807, 2.05) is 42.5 Å². The minimum Gasteiger partial charge on any atom is -0.454 e. The van der Waals surface area contributed by atoms with Gasteiger partial charge in [-0.2, -0.15) is 0 Å². The van der Waals surface area contributed by atoms with E-state index >= 15 is 0 Å². The summed E-state index contributed by atoms with van der Waals surface area (Å²) in [5, 5.41) is 11.8. The first kappa shape index (κ1) is 23.1. The van der Waals surface area contributed by atoms with Gasteiger partial charge in [-0.05, 0) is 59.5 Å². The molecule has 0 aromatic heterocycles. The van der Waals surface area contributed by atoms with Crippen molar-refractivity contribution in [3.63, 3.8) is 0 Å².